The van der Waals surface area contributed by atoms with Crippen LogP contribution >= 0.6 is 0 Å². The van der Waals surface area contributed by atoms with Crippen LogP contribution in [0.5, 0.6) is 0 Å². The molecule has 2 N–H and O–H groups in total. The summed E-state index contributed by atoms with van der Waals surface area (Å²) < 4.78 is 0. The van der Waals surface area contributed by atoms with Gasteiger partial charge in [-0.2, -0.15) is 0 Å². The number of aromatic nitrogens is 4. The molecular weight excluding hydrogens is 192 g/mol. The number of aliphatic hydroxyl groups excluding tert-OH is 1. The fourth-order valence-electron chi connectivity index (χ4n) is 2.14. The molecule has 15 heavy (non-hydrogen) atoms. The molecule has 0 bridgehead atoms. The minimum Gasteiger partial charge on any atom is -0.393 e. The van der Waals surface area contributed by atoms with Gasteiger partial charge in [0.15, 0.2) is 5.65 Å². The smallest absolute Gasteiger partial charge is 0.180 e. The number of hydrogen-bond acceptors (Lipinski definition) is 4. The van der Waals surface area contributed by atoms with Gasteiger partial charge in [0.1, 0.15) is 11.3 Å². The lowest BCUT2D eigenvalue weighted by molar-refractivity contribution is 0.181. The lowest BCUT2D eigenvalue weighted by Gasteiger charge is -2.06. The molecule has 2 unspecified atom stereocenters. The van der Waals surface area contributed by atoms with Crippen molar-refractivity contribution in [2.24, 2.45) is 0 Å². The zero-order valence-electron chi connectivity index (χ0n) is 8.22. The number of nitrogens with zero attached hydrogens (tertiary/aromatic N) is 3. The summed E-state index contributed by atoms with van der Waals surface area (Å²) in [7, 11) is 0. The van der Waals surface area contributed by atoms with Crippen LogP contribution in [0.4, 0.5) is 0 Å². The van der Waals surface area contributed by atoms with Crippen LogP contribution in [-0.4, -0.2) is 31.1 Å². The highest BCUT2D eigenvalue weighted by Crippen LogP contribution is 2.32. The molecular formula is C10H12N4O. The Morgan fingerprint density at radius 2 is 2.27 bits per heavy atom. The van der Waals surface area contributed by atoms with E-state index < -0.39 is 0 Å². The standard InChI is InChI=1S/C10H12N4O/c15-7-2-1-6(3-7)9-11-4-8-10(14-9)13-5-12-8/h4-7,15H,1-3H2,(H,11,12,13,14). The normalized spacial score (nSPS) is 26.2. The Bertz CT molecular complexity index is 481. The van der Waals surface area contributed by atoms with Crippen LogP contribution in [0.2, 0.25) is 0 Å². The third kappa shape index (κ3) is 1.48. The summed E-state index contributed by atoms with van der Waals surface area (Å²) in [5, 5.41) is 9.46. The molecule has 5 heteroatoms. The molecule has 5 nitrogen and oxygen atoms in total. The molecule has 1 aliphatic carbocycles. The average molecular weight is 204 g/mol. The van der Waals surface area contributed by atoms with Crippen molar-refractivity contribution in [3.8, 4) is 0 Å². The maximum Gasteiger partial charge on any atom is 0.180 e. The average Bonchev–Trinajstić information content (AvgIpc) is 2.84. The third-order valence-electron chi connectivity index (χ3n) is 2.96. The van der Waals surface area contributed by atoms with E-state index in [4.69, 9.17) is 0 Å². The van der Waals surface area contributed by atoms with Crippen molar-refractivity contribution in [1.82, 2.24) is 19.9 Å². The van der Waals surface area contributed by atoms with Gasteiger partial charge in [0.2, 0.25) is 0 Å². The minimum atomic E-state index is -0.187. The van der Waals surface area contributed by atoms with Crippen molar-refractivity contribution in [3.05, 3.63) is 18.3 Å². The molecule has 2 atom stereocenters. The highest BCUT2D eigenvalue weighted by atomic mass is 16.3. The topological polar surface area (TPSA) is 74.7 Å². The predicted octanol–water partition coefficient (Wildman–Crippen LogP) is 0.981. The zero-order chi connectivity index (χ0) is 10.3. The number of hydrogen-bond donors (Lipinski definition) is 2. The molecule has 3 rings (SSSR count). The van der Waals surface area contributed by atoms with Crippen molar-refractivity contribution >= 4 is 11.2 Å². The molecule has 2 heterocycles. The Hall–Kier alpha value is -1.49. The van der Waals surface area contributed by atoms with E-state index in [1.165, 1.54) is 0 Å². The largest absolute Gasteiger partial charge is 0.393 e. The third-order valence-corrected chi connectivity index (χ3v) is 2.96. The van der Waals surface area contributed by atoms with Gasteiger partial charge in [0, 0.05) is 5.92 Å². The number of H-pyrrole nitrogens is 1. The van der Waals surface area contributed by atoms with E-state index in [1.807, 2.05) is 0 Å². The van der Waals surface area contributed by atoms with Crippen LogP contribution in [0.3, 0.4) is 0 Å². The van der Waals surface area contributed by atoms with Gasteiger partial charge in [-0.15, -0.1) is 0 Å². The van der Waals surface area contributed by atoms with Gasteiger partial charge in [-0.3, -0.25) is 0 Å². The van der Waals surface area contributed by atoms with Crippen LogP contribution in [0, 0.1) is 0 Å². The van der Waals surface area contributed by atoms with Gasteiger partial charge in [-0.05, 0) is 19.3 Å². The van der Waals surface area contributed by atoms with Crippen molar-refractivity contribution in [3.63, 3.8) is 0 Å². The van der Waals surface area contributed by atoms with Gasteiger partial charge in [-0.25, -0.2) is 15.0 Å². The minimum absolute atomic E-state index is 0.187. The van der Waals surface area contributed by atoms with Crippen molar-refractivity contribution in [2.75, 3.05) is 0 Å². The Balaban J connectivity index is 1.97. The van der Waals surface area contributed by atoms with Crippen LogP contribution in [0.25, 0.3) is 11.2 Å². The Kier molecular flexibility index (Phi) is 1.92. The second-order valence-electron chi connectivity index (χ2n) is 4.03. The van der Waals surface area contributed by atoms with Crippen LogP contribution < -0.4 is 0 Å². The first-order valence-electron chi connectivity index (χ1n) is 5.17. The highest BCUT2D eigenvalue weighted by molar-refractivity contribution is 5.68. The second-order valence-corrected chi connectivity index (χ2v) is 4.03. The van der Waals surface area contributed by atoms with E-state index in [9.17, 15) is 5.11 Å². The summed E-state index contributed by atoms with van der Waals surface area (Å²) >= 11 is 0. The molecule has 0 aromatic carbocycles. The van der Waals surface area contributed by atoms with Crippen LogP contribution in [-0.2, 0) is 0 Å². The SMILES string of the molecule is OC1CCC(c2ncc3[nH]cnc3n2)C1. The number of imidazole rings is 1. The van der Waals surface area contributed by atoms with E-state index in [1.54, 1.807) is 12.5 Å². The van der Waals surface area contributed by atoms with Crippen molar-refractivity contribution < 1.29 is 5.11 Å². The highest BCUT2D eigenvalue weighted by Gasteiger charge is 2.26. The molecule has 0 saturated heterocycles. The first-order valence-corrected chi connectivity index (χ1v) is 5.17. The lowest BCUT2D eigenvalue weighted by Crippen LogP contribution is -2.03. The van der Waals surface area contributed by atoms with Crippen molar-refractivity contribution in [1.29, 1.82) is 0 Å². The van der Waals surface area contributed by atoms with E-state index in [2.05, 4.69) is 19.9 Å². The summed E-state index contributed by atoms with van der Waals surface area (Å²) in [6.07, 6.45) is 5.79. The summed E-state index contributed by atoms with van der Waals surface area (Å²) in [6, 6.07) is 0. The molecule has 0 radical (unpaired) electrons. The van der Waals surface area contributed by atoms with Gasteiger partial charge >= 0.3 is 0 Å². The Morgan fingerprint density at radius 3 is 3.07 bits per heavy atom. The maximum atomic E-state index is 9.46. The van der Waals surface area contributed by atoms with E-state index in [-0.39, 0.29) is 6.10 Å². The fraction of sp³-hybridized carbons (Fsp3) is 0.500. The second kappa shape index (κ2) is 3.27. The molecule has 1 saturated carbocycles. The molecule has 78 valence electrons. The monoisotopic (exact) mass is 204 g/mol. The molecule has 0 aliphatic heterocycles. The number of fused-ring (bicyclic) bond motifs is 1. The Morgan fingerprint density at radius 1 is 1.33 bits per heavy atom. The summed E-state index contributed by atoms with van der Waals surface area (Å²) in [6.45, 7) is 0. The molecule has 2 aromatic rings. The number of aliphatic hydroxyl groups is 1. The van der Waals surface area contributed by atoms with Crippen LogP contribution in [0.1, 0.15) is 31.0 Å². The quantitative estimate of drug-likeness (QED) is 0.726. The summed E-state index contributed by atoms with van der Waals surface area (Å²) in [4.78, 5) is 15.8. The molecule has 1 fully saturated rings. The maximum absolute atomic E-state index is 9.46. The lowest BCUT2D eigenvalue weighted by atomic mass is 10.1. The summed E-state index contributed by atoms with van der Waals surface area (Å²) in [5.74, 6) is 1.10. The van der Waals surface area contributed by atoms with Crippen LogP contribution in [0.15, 0.2) is 12.5 Å². The van der Waals surface area contributed by atoms with Gasteiger partial charge < -0.3 is 10.1 Å². The van der Waals surface area contributed by atoms with Gasteiger partial charge in [0.05, 0.1) is 18.6 Å². The van der Waals surface area contributed by atoms with E-state index >= 15 is 0 Å². The summed E-state index contributed by atoms with van der Waals surface area (Å²) in [5.41, 5.74) is 1.57. The molecule has 0 amide bonds. The molecule has 0 spiro atoms. The number of rotatable bonds is 1. The molecule has 2 aromatic heterocycles. The Labute approximate surface area is 86.6 Å². The van der Waals surface area contributed by atoms with Gasteiger partial charge in [-0.1, -0.05) is 0 Å². The van der Waals surface area contributed by atoms with Gasteiger partial charge in [0.25, 0.3) is 0 Å². The fourth-order valence-corrected chi connectivity index (χ4v) is 2.14. The predicted molar refractivity (Wildman–Crippen MR) is 54.3 cm³/mol. The van der Waals surface area contributed by atoms with E-state index in [0.717, 1.165) is 30.6 Å². The van der Waals surface area contributed by atoms with E-state index in [0.29, 0.717) is 11.6 Å². The van der Waals surface area contributed by atoms with Crippen molar-refractivity contribution in [2.45, 2.75) is 31.3 Å². The zero-order valence-corrected chi connectivity index (χ0v) is 8.22. The molecule has 1 aliphatic rings. The first kappa shape index (κ1) is 8.79. The number of nitrogens with one attached hydrogen (secondary N) is 1. The number of aromatic amines is 1. The first-order chi connectivity index (χ1) is 7.33.